The topological polar surface area (TPSA) is 50.7 Å². The Morgan fingerprint density at radius 1 is 1.11 bits per heavy atom. The number of hydrogen-bond donors (Lipinski definition) is 1. The Kier molecular flexibility index (Phi) is 7.19. The number of ether oxygens (including phenoxy) is 1. The summed E-state index contributed by atoms with van der Waals surface area (Å²) < 4.78 is 6.79. The molecule has 0 aliphatic rings. The van der Waals surface area contributed by atoms with Gasteiger partial charge in [0.25, 0.3) is 5.91 Å². The maximum absolute atomic E-state index is 12.1. The van der Waals surface area contributed by atoms with Crippen LogP contribution in [0.5, 0.6) is 5.75 Å². The lowest BCUT2D eigenvalue weighted by Crippen LogP contribution is -2.25. The van der Waals surface area contributed by atoms with Gasteiger partial charge in [-0.15, -0.1) is 0 Å². The Hall–Kier alpha value is -2.14. The summed E-state index contributed by atoms with van der Waals surface area (Å²) >= 11 is 3.55. The van der Waals surface area contributed by atoms with Crippen molar-refractivity contribution < 1.29 is 9.53 Å². The molecule has 0 saturated carbocycles. The Labute approximate surface area is 170 Å². The fourth-order valence-corrected chi connectivity index (χ4v) is 3.35. The lowest BCUT2D eigenvalue weighted by molar-refractivity contribution is -0.123. The van der Waals surface area contributed by atoms with E-state index in [2.05, 4.69) is 59.4 Å². The third-order valence-corrected chi connectivity index (χ3v) is 5.25. The van der Waals surface area contributed by atoms with Gasteiger partial charge in [0.05, 0.1) is 6.21 Å². The number of benzene rings is 2. The molecule has 4 nitrogen and oxygen atoms in total. The molecule has 0 radical (unpaired) electrons. The SMILES string of the molecule is Cc1cc(C)c(/C=N\NC(=O)COc2cc(C)c(Br)cc2C(C)C)c(C)c1. The van der Waals surface area contributed by atoms with Crippen molar-refractivity contribution in [2.75, 3.05) is 6.61 Å². The molecule has 0 heterocycles. The van der Waals surface area contributed by atoms with E-state index >= 15 is 0 Å². The predicted octanol–water partition coefficient (Wildman–Crippen LogP) is 5.34. The first-order valence-electron chi connectivity index (χ1n) is 9.01. The first kappa shape index (κ1) is 21.2. The number of hydrogen-bond acceptors (Lipinski definition) is 3. The van der Waals surface area contributed by atoms with Crippen LogP contribution in [-0.4, -0.2) is 18.7 Å². The minimum Gasteiger partial charge on any atom is -0.483 e. The van der Waals surface area contributed by atoms with Crippen LogP contribution in [0.25, 0.3) is 0 Å². The van der Waals surface area contributed by atoms with E-state index in [4.69, 9.17) is 4.74 Å². The van der Waals surface area contributed by atoms with Gasteiger partial charge >= 0.3 is 0 Å². The van der Waals surface area contributed by atoms with Crippen LogP contribution in [0, 0.1) is 27.7 Å². The second kappa shape index (κ2) is 9.18. The number of hydrazone groups is 1. The molecule has 5 heteroatoms. The van der Waals surface area contributed by atoms with Crippen molar-refractivity contribution in [2.45, 2.75) is 47.5 Å². The standard InChI is InChI=1S/C22H27BrN2O2/c1-13(2)18-10-20(23)17(6)9-21(18)27-12-22(26)25-24-11-19-15(4)7-14(3)8-16(19)5/h7-11,13H,12H2,1-6H3,(H,25,26)/b24-11-. The molecule has 0 fully saturated rings. The van der Waals surface area contributed by atoms with Crippen molar-refractivity contribution in [1.29, 1.82) is 0 Å². The lowest BCUT2D eigenvalue weighted by Gasteiger charge is -2.15. The molecule has 2 aromatic carbocycles. The molecule has 0 aliphatic carbocycles. The van der Waals surface area contributed by atoms with Crippen LogP contribution in [-0.2, 0) is 4.79 Å². The zero-order valence-corrected chi connectivity index (χ0v) is 18.4. The minimum absolute atomic E-state index is 0.0794. The van der Waals surface area contributed by atoms with E-state index in [-0.39, 0.29) is 12.5 Å². The third kappa shape index (κ3) is 5.67. The van der Waals surface area contributed by atoms with Gasteiger partial charge in [0.2, 0.25) is 0 Å². The zero-order chi connectivity index (χ0) is 20.1. The number of amides is 1. The van der Waals surface area contributed by atoms with Crippen LogP contribution in [0.1, 0.15) is 53.1 Å². The minimum atomic E-state index is -0.288. The number of aryl methyl sites for hydroxylation is 4. The molecular weight excluding hydrogens is 404 g/mol. The molecule has 1 N–H and O–H groups in total. The molecule has 2 rings (SSSR count). The molecule has 144 valence electrons. The van der Waals surface area contributed by atoms with Crippen LogP contribution < -0.4 is 10.2 Å². The molecule has 0 aliphatic heterocycles. The van der Waals surface area contributed by atoms with E-state index in [1.807, 2.05) is 32.9 Å². The van der Waals surface area contributed by atoms with Crippen molar-refractivity contribution >= 4 is 28.1 Å². The second-order valence-corrected chi connectivity index (χ2v) is 8.04. The zero-order valence-electron chi connectivity index (χ0n) is 16.8. The summed E-state index contributed by atoms with van der Waals surface area (Å²) in [4.78, 5) is 12.1. The van der Waals surface area contributed by atoms with Gasteiger partial charge in [0, 0.05) is 10.0 Å². The van der Waals surface area contributed by atoms with Crippen molar-refractivity contribution in [3.63, 3.8) is 0 Å². The monoisotopic (exact) mass is 430 g/mol. The van der Waals surface area contributed by atoms with Gasteiger partial charge < -0.3 is 4.74 Å². The summed E-state index contributed by atoms with van der Waals surface area (Å²) in [7, 11) is 0. The quantitative estimate of drug-likeness (QED) is 0.496. The van der Waals surface area contributed by atoms with Gasteiger partial charge in [-0.2, -0.15) is 5.10 Å². The average Bonchev–Trinajstić information content (AvgIpc) is 2.57. The number of rotatable bonds is 6. The van der Waals surface area contributed by atoms with Crippen LogP contribution in [0.2, 0.25) is 0 Å². The molecule has 1 amide bonds. The van der Waals surface area contributed by atoms with Gasteiger partial charge in [-0.3, -0.25) is 4.79 Å². The van der Waals surface area contributed by atoms with Crippen molar-refractivity contribution in [3.8, 4) is 5.75 Å². The van der Waals surface area contributed by atoms with Crippen LogP contribution in [0.15, 0.2) is 33.8 Å². The summed E-state index contributed by atoms with van der Waals surface area (Å²) in [6.45, 7) is 12.3. The highest BCUT2D eigenvalue weighted by Gasteiger charge is 2.12. The van der Waals surface area contributed by atoms with E-state index in [1.165, 1.54) is 5.56 Å². The molecular formula is C22H27BrN2O2. The van der Waals surface area contributed by atoms with E-state index < -0.39 is 0 Å². The normalized spacial score (nSPS) is 11.3. The number of carbonyl (C=O) groups is 1. The number of nitrogens with zero attached hydrogens (tertiary/aromatic N) is 1. The molecule has 0 saturated heterocycles. The molecule has 0 bridgehead atoms. The van der Waals surface area contributed by atoms with E-state index in [0.717, 1.165) is 38.0 Å². The first-order valence-corrected chi connectivity index (χ1v) is 9.81. The summed E-state index contributed by atoms with van der Waals surface area (Å²) in [5.74, 6) is 0.740. The Morgan fingerprint density at radius 3 is 2.33 bits per heavy atom. The maximum atomic E-state index is 12.1. The average molecular weight is 431 g/mol. The van der Waals surface area contributed by atoms with Gasteiger partial charge in [-0.05, 0) is 68.0 Å². The molecule has 0 aromatic heterocycles. The van der Waals surface area contributed by atoms with Gasteiger partial charge in [0.15, 0.2) is 6.61 Å². The Bertz CT molecular complexity index is 850. The van der Waals surface area contributed by atoms with E-state index in [0.29, 0.717) is 5.92 Å². The molecule has 0 unspecified atom stereocenters. The first-order chi connectivity index (χ1) is 12.7. The van der Waals surface area contributed by atoms with Crippen molar-refractivity contribution in [3.05, 3.63) is 62.1 Å². The van der Waals surface area contributed by atoms with Gasteiger partial charge in [-0.1, -0.05) is 47.5 Å². The molecule has 0 atom stereocenters. The third-order valence-electron chi connectivity index (χ3n) is 4.39. The van der Waals surface area contributed by atoms with Crippen LogP contribution >= 0.6 is 15.9 Å². The van der Waals surface area contributed by atoms with Crippen molar-refractivity contribution in [2.24, 2.45) is 5.10 Å². The Balaban J connectivity index is 2.01. The Morgan fingerprint density at radius 2 is 1.74 bits per heavy atom. The maximum Gasteiger partial charge on any atom is 0.277 e. The highest BCUT2D eigenvalue weighted by molar-refractivity contribution is 9.10. The summed E-state index contributed by atoms with van der Waals surface area (Å²) in [5, 5.41) is 4.08. The smallest absolute Gasteiger partial charge is 0.277 e. The summed E-state index contributed by atoms with van der Waals surface area (Å²) in [6.07, 6.45) is 1.69. The van der Waals surface area contributed by atoms with E-state index in [9.17, 15) is 4.79 Å². The molecule has 2 aromatic rings. The largest absolute Gasteiger partial charge is 0.483 e. The number of carbonyl (C=O) groups excluding carboxylic acids is 1. The predicted molar refractivity (Wildman–Crippen MR) is 115 cm³/mol. The second-order valence-electron chi connectivity index (χ2n) is 7.19. The number of halogens is 1. The van der Waals surface area contributed by atoms with Crippen LogP contribution in [0.3, 0.4) is 0 Å². The summed E-state index contributed by atoms with van der Waals surface area (Å²) in [6, 6.07) is 8.20. The number of nitrogens with one attached hydrogen (secondary N) is 1. The highest BCUT2D eigenvalue weighted by Crippen LogP contribution is 2.32. The van der Waals surface area contributed by atoms with Crippen LogP contribution in [0.4, 0.5) is 0 Å². The highest BCUT2D eigenvalue weighted by atomic mass is 79.9. The summed E-state index contributed by atoms with van der Waals surface area (Å²) in [5.41, 5.74) is 9.17. The fourth-order valence-electron chi connectivity index (χ4n) is 2.99. The fraction of sp³-hybridized carbons (Fsp3) is 0.364. The lowest BCUT2D eigenvalue weighted by atomic mass is 10.0. The molecule has 27 heavy (non-hydrogen) atoms. The van der Waals surface area contributed by atoms with Gasteiger partial charge in [-0.25, -0.2) is 5.43 Å². The van der Waals surface area contributed by atoms with Crippen molar-refractivity contribution in [1.82, 2.24) is 5.43 Å². The van der Waals surface area contributed by atoms with Gasteiger partial charge in [0.1, 0.15) is 5.75 Å². The molecule has 0 spiro atoms. The van der Waals surface area contributed by atoms with E-state index in [1.54, 1.807) is 6.21 Å².